The van der Waals surface area contributed by atoms with Crippen molar-refractivity contribution in [3.63, 3.8) is 0 Å². The molecular weight excluding hydrogens is 566 g/mol. The Balaban J connectivity index is 1.36. The predicted molar refractivity (Wildman–Crippen MR) is 148 cm³/mol. The molecule has 0 saturated heterocycles. The number of nitrogens with zero attached hydrogens (tertiary/aromatic N) is 3. The second kappa shape index (κ2) is 11.4. The largest absolute Gasteiger partial charge is 0.423 e. The van der Waals surface area contributed by atoms with Gasteiger partial charge in [0, 0.05) is 28.3 Å². The van der Waals surface area contributed by atoms with Crippen molar-refractivity contribution in [2.45, 2.75) is 0 Å². The van der Waals surface area contributed by atoms with Crippen molar-refractivity contribution in [3.05, 3.63) is 140 Å². The summed E-state index contributed by atoms with van der Waals surface area (Å²) in [7, 11) is 0. The van der Waals surface area contributed by atoms with Crippen LogP contribution in [0.15, 0.2) is 97.1 Å². The Bertz CT molecular complexity index is 1720. The number of Topliss-reactive ketones (excluding diaryl/α,β-unsaturated/α-hetero) is 1. The highest BCUT2D eigenvalue weighted by Gasteiger charge is 2.42. The Morgan fingerprint density at radius 1 is 0.762 bits per heavy atom. The summed E-state index contributed by atoms with van der Waals surface area (Å²) in [6.45, 7) is -0.658. The van der Waals surface area contributed by atoms with Crippen LogP contribution in [-0.2, 0) is 0 Å². The van der Waals surface area contributed by atoms with Crippen LogP contribution in [0.5, 0.6) is 5.75 Å². The third kappa shape index (κ3) is 5.49. The third-order valence-corrected chi connectivity index (χ3v) is 6.59. The van der Waals surface area contributed by atoms with Gasteiger partial charge in [0.05, 0.1) is 21.6 Å². The zero-order valence-corrected chi connectivity index (χ0v) is 22.2. The maximum atomic E-state index is 13.5. The van der Waals surface area contributed by atoms with E-state index in [2.05, 4.69) is 0 Å². The molecule has 0 unspecified atom stereocenters. The van der Waals surface area contributed by atoms with Gasteiger partial charge < -0.3 is 4.74 Å². The van der Waals surface area contributed by atoms with Gasteiger partial charge in [-0.15, -0.1) is 0 Å². The molecule has 0 radical (unpaired) electrons. The van der Waals surface area contributed by atoms with E-state index in [4.69, 9.17) is 16.3 Å². The summed E-state index contributed by atoms with van der Waals surface area (Å²) >= 11 is 5.94. The first-order chi connectivity index (χ1) is 20.1. The van der Waals surface area contributed by atoms with Crippen LogP contribution in [0.3, 0.4) is 0 Å². The van der Waals surface area contributed by atoms with E-state index in [9.17, 15) is 34.1 Å². The summed E-state index contributed by atoms with van der Waals surface area (Å²) in [5.74, 6) is -3.57. The smallest absolute Gasteiger partial charge is 0.343 e. The molecule has 1 aliphatic heterocycles. The molecule has 1 heterocycles. The minimum atomic E-state index is -0.775. The number of nitro groups is 1. The summed E-state index contributed by atoms with van der Waals surface area (Å²) < 4.78 is 5.27. The molecule has 0 N–H and O–H groups in total. The van der Waals surface area contributed by atoms with Crippen LogP contribution < -0.4 is 4.74 Å². The predicted octanol–water partition coefficient (Wildman–Crippen LogP) is 5.00. The van der Waals surface area contributed by atoms with Gasteiger partial charge in [-0.25, -0.2) is 9.80 Å². The molecule has 208 valence electrons. The lowest BCUT2D eigenvalue weighted by atomic mass is 10.1. The molecule has 42 heavy (non-hydrogen) atoms. The highest BCUT2D eigenvalue weighted by Crippen LogP contribution is 2.26. The number of hydrogen-bond acceptors (Lipinski definition) is 8. The maximum Gasteiger partial charge on any atom is 0.343 e. The number of imide groups is 1. The number of hydrogen-bond donors (Lipinski definition) is 0. The fourth-order valence-electron chi connectivity index (χ4n) is 4.19. The molecule has 0 spiro atoms. The van der Waals surface area contributed by atoms with Crippen LogP contribution in [0.1, 0.15) is 51.8 Å². The first-order valence-corrected chi connectivity index (χ1v) is 12.7. The van der Waals surface area contributed by atoms with E-state index in [0.717, 1.165) is 5.01 Å². The standard InChI is InChI=1S/C30H18ClN3O8/c31-21-11-5-19(6-12-21)27(36)32(33-28(37)24-3-1-2-4-25(24)29(33)38)17-26(35)18-9-15-23(16-10-18)42-30(39)20-7-13-22(14-8-20)34(40)41/h1-16H,17H2. The lowest BCUT2D eigenvalue weighted by Gasteiger charge is -2.29. The summed E-state index contributed by atoms with van der Waals surface area (Å²) in [5.41, 5.74) is 0.302. The molecule has 0 aliphatic carbocycles. The van der Waals surface area contributed by atoms with Crippen molar-refractivity contribution in [2.24, 2.45) is 0 Å². The third-order valence-electron chi connectivity index (χ3n) is 6.33. The Morgan fingerprint density at radius 3 is 1.83 bits per heavy atom. The van der Waals surface area contributed by atoms with Crippen LogP contribution >= 0.6 is 11.6 Å². The average Bonchev–Trinajstić information content (AvgIpc) is 3.25. The molecule has 1 aliphatic rings. The van der Waals surface area contributed by atoms with E-state index in [-0.39, 0.29) is 39.3 Å². The molecule has 12 heteroatoms. The number of rotatable bonds is 8. The average molecular weight is 584 g/mol. The van der Waals surface area contributed by atoms with Gasteiger partial charge in [0.1, 0.15) is 12.3 Å². The number of nitro benzene ring substituents is 1. The van der Waals surface area contributed by atoms with Crippen molar-refractivity contribution in [2.75, 3.05) is 6.54 Å². The minimum Gasteiger partial charge on any atom is -0.423 e. The van der Waals surface area contributed by atoms with Crippen LogP contribution in [-0.4, -0.2) is 51.0 Å². The van der Waals surface area contributed by atoms with E-state index in [1.807, 2.05) is 0 Å². The number of non-ortho nitro benzene ring substituents is 1. The normalized spacial score (nSPS) is 12.1. The number of carbonyl (C=O) groups is 5. The monoisotopic (exact) mass is 583 g/mol. The molecule has 0 fully saturated rings. The molecule has 0 aromatic heterocycles. The molecule has 3 amide bonds. The number of benzene rings is 4. The van der Waals surface area contributed by atoms with E-state index in [1.54, 1.807) is 12.1 Å². The second-order valence-corrected chi connectivity index (χ2v) is 9.41. The Morgan fingerprint density at radius 2 is 1.29 bits per heavy atom. The lowest BCUT2D eigenvalue weighted by molar-refractivity contribution is -0.384. The number of ether oxygens (including phenoxy) is 1. The molecule has 5 rings (SSSR count). The first kappa shape index (κ1) is 27.9. The fraction of sp³-hybridized carbons (Fsp3) is 0.0333. The number of fused-ring (bicyclic) bond motifs is 1. The SMILES string of the molecule is O=C(CN(C(=O)c1ccc(Cl)cc1)N1C(=O)c2ccccc2C1=O)c1ccc(OC(=O)c2ccc([N+](=O)[O-])cc2)cc1. The van der Waals surface area contributed by atoms with Gasteiger partial charge >= 0.3 is 5.97 Å². The van der Waals surface area contributed by atoms with Crippen molar-refractivity contribution < 1.29 is 33.6 Å². The summed E-state index contributed by atoms with van der Waals surface area (Å²) in [6, 6.07) is 22.1. The number of amides is 3. The van der Waals surface area contributed by atoms with Gasteiger partial charge in [-0.2, -0.15) is 5.01 Å². The van der Waals surface area contributed by atoms with Crippen LogP contribution in [0.2, 0.25) is 5.02 Å². The Kier molecular flexibility index (Phi) is 7.59. The van der Waals surface area contributed by atoms with E-state index >= 15 is 0 Å². The van der Waals surface area contributed by atoms with E-state index in [1.165, 1.54) is 84.9 Å². The molecule has 4 aromatic carbocycles. The molecule has 0 saturated carbocycles. The minimum absolute atomic E-state index is 0.0815. The highest BCUT2D eigenvalue weighted by atomic mass is 35.5. The maximum absolute atomic E-state index is 13.5. The number of carbonyl (C=O) groups excluding carboxylic acids is 5. The van der Waals surface area contributed by atoms with Crippen LogP contribution in [0, 0.1) is 10.1 Å². The zero-order chi connectivity index (χ0) is 30.0. The van der Waals surface area contributed by atoms with Crippen molar-refractivity contribution in [1.82, 2.24) is 10.0 Å². The summed E-state index contributed by atoms with van der Waals surface area (Å²) in [4.78, 5) is 75.8. The number of ketones is 1. The molecule has 11 nitrogen and oxygen atoms in total. The molecular formula is C30H18ClN3O8. The number of esters is 1. The van der Waals surface area contributed by atoms with Crippen molar-refractivity contribution in [3.8, 4) is 5.75 Å². The zero-order valence-electron chi connectivity index (χ0n) is 21.4. The molecule has 0 bridgehead atoms. The second-order valence-electron chi connectivity index (χ2n) is 8.98. The summed E-state index contributed by atoms with van der Waals surface area (Å²) in [5, 5.41) is 12.6. The quantitative estimate of drug-likeness (QED) is 0.0703. The van der Waals surface area contributed by atoms with Gasteiger partial charge in [-0.05, 0) is 72.8 Å². The fourth-order valence-corrected chi connectivity index (χ4v) is 4.32. The number of hydrazine groups is 1. The van der Waals surface area contributed by atoms with Crippen LogP contribution in [0.4, 0.5) is 5.69 Å². The Hall–Kier alpha value is -5.68. The molecule has 4 aromatic rings. The lowest BCUT2D eigenvalue weighted by Crippen LogP contribution is -2.51. The molecule has 0 atom stereocenters. The van der Waals surface area contributed by atoms with E-state index in [0.29, 0.717) is 10.0 Å². The van der Waals surface area contributed by atoms with Crippen LogP contribution in [0.25, 0.3) is 0 Å². The van der Waals surface area contributed by atoms with Gasteiger partial charge in [-0.3, -0.25) is 29.3 Å². The topological polar surface area (TPSA) is 144 Å². The first-order valence-electron chi connectivity index (χ1n) is 12.3. The highest BCUT2D eigenvalue weighted by molar-refractivity contribution is 6.30. The van der Waals surface area contributed by atoms with Crippen molar-refractivity contribution in [1.29, 1.82) is 0 Å². The van der Waals surface area contributed by atoms with Crippen molar-refractivity contribution >= 4 is 46.8 Å². The summed E-state index contributed by atoms with van der Waals surface area (Å²) in [6.07, 6.45) is 0. The van der Waals surface area contributed by atoms with E-state index < -0.39 is 40.9 Å². The van der Waals surface area contributed by atoms with Gasteiger partial charge in [-0.1, -0.05) is 23.7 Å². The van der Waals surface area contributed by atoms with Gasteiger partial charge in [0.2, 0.25) is 0 Å². The Labute approximate surface area is 242 Å². The number of halogens is 1. The van der Waals surface area contributed by atoms with Gasteiger partial charge in [0.15, 0.2) is 5.78 Å². The van der Waals surface area contributed by atoms with Gasteiger partial charge in [0.25, 0.3) is 23.4 Å².